The number of fused-ring (bicyclic) bond motifs is 1. The molecule has 1 aromatic carbocycles. The lowest BCUT2D eigenvalue weighted by atomic mass is 10.1. The summed E-state index contributed by atoms with van der Waals surface area (Å²) < 4.78 is 82.5. The molecular weight excluding hydrogens is 585 g/mol. The Morgan fingerprint density at radius 1 is 1.07 bits per heavy atom. The number of pyridine rings is 1. The van der Waals surface area contributed by atoms with E-state index in [0.717, 1.165) is 29.4 Å². The van der Waals surface area contributed by atoms with Crippen LogP contribution >= 0.6 is 0 Å². The van der Waals surface area contributed by atoms with Crippen molar-refractivity contribution in [3.05, 3.63) is 71.9 Å². The zero-order chi connectivity index (χ0) is 30.5. The van der Waals surface area contributed by atoms with Crippen LogP contribution in [0.15, 0.2) is 64.3 Å². The van der Waals surface area contributed by atoms with Crippen molar-refractivity contribution in [2.24, 2.45) is 0 Å². The monoisotopic (exact) mass is 612 g/mol. The van der Waals surface area contributed by atoms with E-state index in [2.05, 4.69) is 25.4 Å². The molecular formula is C29H27F3N6O4S. The number of halogens is 3. The molecule has 0 radical (unpaired) electrons. The highest BCUT2D eigenvalue weighted by Crippen LogP contribution is 2.41. The number of rotatable bonds is 7. The molecule has 0 saturated heterocycles. The van der Waals surface area contributed by atoms with Crippen molar-refractivity contribution in [1.82, 2.24) is 24.1 Å². The summed E-state index contributed by atoms with van der Waals surface area (Å²) in [6, 6.07) is 10.5. The van der Waals surface area contributed by atoms with Crippen LogP contribution in [0.2, 0.25) is 0 Å². The fourth-order valence-corrected chi connectivity index (χ4v) is 6.88. The Bertz CT molecular complexity index is 1900. The van der Waals surface area contributed by atoms with Gasteiger partial charge >= 0.3 is 6.18 Å². The molecule has 1 N–H and O–H groups in total. The first-order valence-corrected chi connectivity index (χ1v) is 14.9. The highest BCUT2D eigenvalue weighted by atomic mass is 32.2. The molecule has 0 bridgehead atoms. The number of anilines is 1. The fourth-order valence-electron chi connectivity index (χ4n) is 5.54. The summed E-state index contributed by atoms with van der Waals surface area (Å²) in [6.45, 7) is 3.41. The zero-order valence-corrected chi connectivity index (χ0v) is 24.2. The number of hydrogen-bond acceptors (Lipinski definition) is 9. The third kappa shape index (κ3) is 5.14. The number of nitrogens with one attached hydrogen (secondary N) is 1. The summed E-state index contributed by atoms with van der Waals surface area (Å²) >= 11 is 0. The number of ether oxygens (including phenoxy) is 1. The molecule has 0 spiro atoms. The number of aryl methyl sites for hydroxylation is 2. The number of methoxy groups -OCH3 is 1. The lowest BCUT2D eigenvalue weighted by Crippen LogP contribution is -2.30. The highest BCUT2D eigenvalue weighted by molar-refractivity contribution is 7.90. The van der Waals surface area contributed by atoms with Crippen LogP contribution in [0.5, 0.6) is 0 Å². The summed E-state index contributed by atoms with van der Waals surface area (Å²) in [6.07, 6.45) is -0.708. The lowest BCUT2D eigenvalue weighted by molar-refractivity contribution is -0.137. The summed E-state index contributed by atoms with van der Waals surface area (Å²) in [5.74, 6) is 0.435. The maximum atomic E-state index is 14.4. The smallest absolute Gasteiger partial charge is 0.379 e. The van der Waals surface area contributed by atoms with E-state index in [0.29, 0.717) is 28.9 Å². The van der Waals surface area contributed by atoms with Crippen LogP contribution in [-0.2, 0) is 20.9 Å². The minimum Gasteiger partial charge on any atom is -0.379 e. The van der Waals surface area contributed by atoms with Gasteiger partial charge in [-0.2, -0.15) is 13.2 Å². The molecule has 4 aromatic heterocycles. The molecule has 0 aliphatic heterocycles. The Morgan fingerprint density at radius 3 is 2.51 bits per heavy atom. The van der Waals surface area contributed by atoms with Gasteiger partial charge in [-0.15, -0.1) is 0 Å². The van der Waals surface area contributed by atoms with E-state index in [4.69, 9.17) is 9.26 Å². The van der Waals surface area contributed by atoms with Gasteiger partial charge in [0.15, 0.2) is 5.65 Å². The summed E-state index contributed by atoms with van der Waals surface area (Å²) in [5.41, 5.74) is -0.295. The number of nitrogens with zero attached hydrogens (tertiary/aromatic N) is 5. The van der Waals surface area contributed by atoms with Crippen LogP contribution in [0.4, 0.5) is 19.1 Å². The van der Waals surface area contributed by atoms with E-state index in [9.17, 15) is 21.6 Å². The SMILES string of the molecule is CO[C@@H]1CCC[C@@H]1Nc1ncc(C(F)(F)F)c(-c2cn(S(=O)(=O)c3ccccc3)c3nc(-c4c(C)noc4C)ccc23)n1. The Morgan fingerprint density at radius 2 is 1.84 bits per heavy atom. The first-order chi connectivity index (χ1) is 20.5. The van der Waals surface area contributed by atoms with E-state index in [1.807, 2.05) is 0 Å². The maximum absolute atomic E-state index is 14.4. The lowest BCUT2D eigenvalue weighted by Gasteiger charge is -2.20. The average Bonchev–Trinajstić information content (AvgIpc) is 3.69. The largest absolute Gasteiger partial charge is 0.419 e. The molecule has 1 aliphatic carbocycles. The minimum absolute atomic E-state index is 0.0240. The predicted molar refractivity (Wildman–Crippen MR) is 152 cm³/mol. The molecule has 14 heteroatoms. The molecule has 4 heterocycles. The molecule has 224 valence electrons. The topological polar surface area (TPSA) is 125 Å². The van der Waals surface area contributed by atoms with Crippen LogP contribution in [0.25, 0.3) is 33.5 Å². The summed E-state index contributed by atoms with van der Waals surface area (Å²) in [7, 11) is -2.71. The number of aromatic nitrogens is 5. The molecule has 10 nitrogen and oxygen atoms in total. The maximum Gasteiger partial charge on any atom is 0.419 e. The average molecular weight is 613 g/mol. The standard InChI is InChI=1S/C29H27F3N6O4S/c1-16-25(17(2)42-37-16)23-13-12-19-20(15-38(27(19)34-23)43(39,40)18-8-5-4-6-9-18)26-21(29(30,31)32)14-33-28(36-26)35-22-10-7-11-24(22)41-3/h4-6,8-9,12-15,22,24H,7,10-11H2,1-3H3,(H,33,35,36)/t22-,24+/m0/s1. The minimum atomic E-state index is -4.83. The van der Waals surface area contributed by atoms with Gasteiger partial charge in [-0.05, 0) is 57.4 Å². The Kier molecular flexibility index (Phi) is 7.21. The van der Waals surface area contributed by atoms with Crippen molar-refractivity contribution in [1.29, 1.82) is 0 Å². The molecule has 1 saturated carbocycles. The number of alkyl halides is 3. The van der Waals surface area contributed by atoms with Gasteiger partial charge in [-0.25, -0.2) is 27.3 Å². The highest BCUT2D eigenvalue weighted by Gasteiger charge is 2.38. The molecule has 43 heavy (non-hydrogen) atoms. The third-order valence-corrected chi connectivity index (χ3v) is 9.29. The van der Waals surface area contributed by atoms with Crippen molar-refractivity contribution in [2.45, 2.75) is 56.3 Å². The van der Waals surface area contributed by atoms with Crippen LogP contribution < -0.4 is 5.32 Å². The Hall–Kier alpha value is -4.30. The normalized spacial score (nSPS) is 17.5. The van der Waals surface area contributed by atoms with Crippen molar-refractivity contribution < 1.29 is 30.8 Å². The zero-order valence-electron chi connectivity index (χ0n) is 23.4. The predicted octanol–water partition coefficient (Wildman–Crippen LogP) is 6.00. The quantitative estimate of drug-likeness (QED) is 0.236. The molecule has 6 rings (SSSR count). The van der Waals surface area contributed by atoms with E-state index in [1.165, 1.54) is 18.2 Å². The van der Waals surface area contributed by atoms with Crippen molar-refractivity contribution in [3.63, 3.8) is 0 Å². The fraction of sp³-hybridized carbons (Fsp3) is 0.310. The van der Waals surface area contributed by atoms with Gasteiger partial charge in [0, 0.05) is 30.5 Å². The second kappa shape index (κ2) is 10.8. The van der Waals surface area contributed by atoms with Crippen LogP contribution in [0, 0.1) is 13.8 Å². The Balaban J connectivity index is 1.59. The second-order valence-electron chi connectivity index (χ2n) is 10.3. The van der Waals surface area contributed by atoms with Gasteiger partial charge in [0.2, 0.25) is 5.95 Å². The van der Waals surface area contributed by atoms with Gasteiger partial charge in [-0.3, -0.25) is 0 Å². The van der Waals surface area contributed by atoms with E-state index in [1.54, 1.807) is 45.2 Å². The first kappa shape index (κ1) is 28.8. The molecule has 1 aliphatic rings. The third-order valence-electron chi connectivity index (χ3n) is 7.63. The van der Waals surface area contributed by atoms with Gasteiger partial charge in [0.05, 0.1) is 39.7 Å². The Labute approximate surface area is 245 Å². The van der Waals surface area contributed by atoms with Crippen molar-refractivity contribution in [3.8, 4) is 22.5 Å². The molecule has 2 atom stereocenters. The van der Waals surface area contributed by atoms with E-state index < -0.39 is 27.5 Å². The molecule has 1 fully saturated rings. The van der Waals surface area contributed by atoms with Crippen LogP contribution in [0.3, 0.4) is 0 Å². The van der Waals surface area contributed by atoms with Crippen LogP contribution in [0.1, 0.15) is 36.3 Å². The van der Waals surface area contributed by atoms with Gasteiger partial charge in [0.1, 0.15) is 11.3 Å². The van der Waals surface area contributed by atoms with E-state index in [-0.39, 0.29) is 39.6 Å². The summed E-state index contributed by atoms with van der Waals surface area (Å²) in [5, 5.41) is 7.21. The van der Waals surface area contributed by atoms with Gasteiger partial charge < -0.3 is 14.6 Å². The molecule has 0 amide bonds. The van der Waals surface area contributed by atoms with Crippen LogP contribution in [-0.4, -0.2) is 51.8 Å². The number of hydrogen-bond donors (Lipinski definition) is 1. The molecule has 0 unspecified atom stereocenters. The number of benzene rings is 1. The van der Waals surface area contributed by atoms with E-state index >= 15 is 0 Å². The second-order valence-corrected chi connectivity index (χ2v) is 12.1. The molecule has 5 aromatic rings. The summed E-state index contributed by atoms with van der Waals surface area (Å²) in [4.78, 5) is 12.8. The first-order valence-electron chi connectivity index (χ1n) is 13.5. The van der Waals surface area contributed by atoms with Gasteiger partial charge in [-0.1, -0.05) is 23.4 Å². The van der Waals surface area contributed by atoms with Gasteiger partial charge in [0.25, 0.3) is 10.0 Å². The van der Waals surface area contributed by atoms with Crippen molar-refractivity contribution >= 4 is 27.0 Å². The van der Waals surface area contributed by atoms with Crippen molar-refractivity contribution in [2.75, 3.05) is 12.4 Å².